The van der Waals surface area contributed by atoms with Crippen molar-refractivity contribution in [1.29, 1.82) is 0 Å². The first-order valence-corrected chi connectivity index (χ1v) is 7.94. The van der Waals surface area contributed by atoms with Crippen LogP contribution in [0.15, 0.2) is 23.1 Å². The van der Waals surface area contributed by atoms with E-state index in [1.165, 1.54) is 10.6 Å². The maximum Gasteiger partial charge on any atom is 0.254 e. The summed E-state index contributed by atoms with van der Waals surface area (Å²) in [7, 11) is 3.45. The highest BCUT2D eigenvalue weighted by Gasteiger charge is 2.34. The SMILES string of the molecule is Cc1nn(C)c(Cl)c1[C@H]1CCCN1C(=O)c1ccn(C)c(=O)c1. The molecule has 1 saturated heterocycles. The van der Waals surface area contributed by atoms with Gasteiger partial charge in [0.15, 0.2) is 0 Å². The highest BCUT2D eigenvalue weighted by Crippen LogP contribution is 2.38. The predicted molar refractivity (Wildman–Crippen MR) is 87.6 cm³/mol. The minimum atomic E-state index is -0.192. The van der Waals surface area contributed by atoms with E-state index >= 15 is 0 Å². The Labute approximate surface area is 139 Å². The molecule has 3 rings (SSSR count). The van der Waals surface area contributed by atoms with Crippen LogP contribution in [0.5, 0.6) is 0 Å². The lowest BCUT2D eigenvalue weighted by Gasteiger charge is -2.25. The zero-order chi connectivity index (χ0) is 16.7. The Kier molecular flexibility index (Phi) is 4.02. The number of amides is 1. The lowest BCUT2D eigenvalue weighted by atomic mass is 10.1. The van der Waals surface area contributed by atoms with Gasteiger partial charge in [-0.05, 0) is 25.8 Å². The Morgan fingerprint density at radius 2 is 2.13 bits per heavy atom. The molecule has 23 heavy (non-hydrogen) atoms. The van der Waals surface area contributed by atoms with Crippen LogP contribution in [0, 0.1) is 6.92 Å². The standard InChI is InChI=1S/C16H19ClN4O2/c1-10-14(15(17)20(3)18-10)12-5-4-7-21(12)16(23)11-6-8-19(2)13(22)9-11/h6,8-9,12H,4-5,7H2,1-3H3/t12-/m1/s1. The zero-order valence-corrected chi connectivity index (χ0v) is 14.2. The lowest BCUT2D eigenvalue weighted by Crippen LogP contribution is -2.32. The molecule has 1 atom stereocenters. The highest BCUT2D eigenvalue weighted by atomic mass is 35.5. The molecule has 1 aliphatic rings. The molecule has 3 heterocycles. The second-order valence-corrected chi connectivity index (χ2v) is 6.29. The summed E-state index contributed by atoms with van der Waals surface area (Å²) < 4.78 is 3.08. The van der Waals surface area contributed by atoms with E-state index in [2.05, 4.69) is 5.10 Å². The van der Waals surface area contributed by atoms with Crippen molar-refractivity contribution in [2.75, 3.05) is 6.54 Å². The van der Waals surface area contributed by atoms with Crippen molar-refractivity contribution in [3.8, 4) is 0 Å². The normalized spacial score (nSPS) is 17.7. The molecule has 0 aromatic carbocycles. The number of likely N-dealkylation sites (tertiary alicyclic amines) is 1. The topological polar surface area (TPSA) is 60.1 Å². The number of aryl methyl sites for hydroxylation is 3. The summed E-state index contributed by atoms with van der Waals surface area (Å²) in [4.78, 5) is 26.4. The molecule has 7 heteroatoms. The van der Waals surface area contributed by atoms with Crippen molar-refractivity contribution in [2.24, 2.45) is 14.1 Å². The van der Waals surface area contributed by atoms with Gasteiger partial charge in [0.2, 0.25) is 0 Å². The van der Waals surface area contributed by atoms with Gasteiger partial charge >= 0.3 is 0 Å². The Bertz CT molecular complexity index is 824. The molecule has 0 unspecified atom stereocenters. The van der Waals surface area contributed by atoms with E-state index in [4.69, 9.17) is 11.6 Å². The highest BCUT2D eigenvalue weighted by molar-refractivity contribution is 6.30. The van der Waals surface area contributed by atoms with Gasteiger partial charge in [-0.1, -0.05) is 11.6 Å². The summed E-state index contributed by atoms with van der Waals surface area (Å²) in [5, 5.41) is 4.91. The molecule has 6 nitrogen and oxygen atoms in total. The van der Waals surface area contributed by atoms with E-state index in [0.29, 0.717) is 17.3 Å². The number of hydrogen-bond acceptors (Lipinski definition) is 3. The van der Waals surface area contributed by atoms with E-state index in [1.54, 1.807) is 35.9 Å². The smallest absolute Gasteiger partial charge is 0.254 e. The summed E-state index contributed by atoms with van der Waals surface area (Å²) in [5.74, 6) is -0.135. The lowest BCUT2D eigenvalue weighted by molar-refractivity contribution is 0.0735. The fourth-order valence-corrected chi connectivity index (χ4v) is 3.48. The number of aromatic nitrogens is 3. The zero-order valence-electron chi connectivity index (χ0n) is 13.4. The van der Waals surface area contributed by atoms with Gasteiger partial charge < -0.3 is 9.47 Å². The monoisotopic (exact) mass is 334 g/mol. The Balaban J connectivity index is 1.96. The third-order valence-corrected chi connectivity index (χ3v) is 4.84. The van der Waals surface area contributed by atoms with E-state index < -0.39 is 0 Å². The number of carbonyl (C=O) groups is 1. The van der Waals surface area contributed by atoms with Gasteiger partial charge in [0.25, 0.3) is 11.5 Å². The number of hydrogen-bond donors (Lipinski definition) is 0. The Morgan fingerprint density at radius 3 is 2.74 bits per heavy atom. The minimum Gasteiger partial charge on any atom is -0.331 e. The average Bonchev–Trinajstić information content (AvgIpc) is 3.06. The average molecular weight is 335 g/mol. The van der Waals surface area contributed by atoms with Gasteiger partial charge in [-0.2, -0.15) is 5.10 Å². The number of halogens is 1. The molecule has 0 saturated carbocycles. The summed E-state index contributed by atoms with van der Waals surface area (Å²) in [6.45, 7) is 2.56. The maximum absolute atomic E-state index is 12.8. The minimum absolute atomic E-state index is 0.0900. The van der Waals surface area contributed by atoms with Crippen LogP contribution in [0.4, 0.5) is 0 Å². The first-order valence-electron chi connectivity index (χ1n) is 7.56. The van der Waals surface area contributed by atoms with E-state index in [9.17, 15) is 9.59 Å². The van der Waals surface area contributed by atoms with Crippen LogP contribution in [-0.2, 0) is 14.1 Å². The quantitative estimate of drug-likeness (QED) is 0.844. The van der Waals surface area contributed by atoms with Crippen LogP contribution in [-0.4, -0.2) is 31.7 Å². The van der Waals surface area contributed by atoms with Crippen molar-refractivity contribution in [3.63, 3.8) is 0 Å². The molecule has 122 valence electrons. The third-order valence-electron chi connectivity index (χ3n) is 4.39. The molecule has 0 spiro atoms. The first-order chi connectivity index (χ1) is 10.9. The molecule has 2 aromatic heterocycles. The van der Waals surface area contributed by atoms with E-state index in [0.717, 1.165) is 24.1 Å². The summed E-state index contributed by atoms with van der Waals surface area (Å²) >= 11 is 6.37. The first kappa shape index (κ1) is 15.8. The largest absolute Gasteiger partial charge is 0.331 e. The fourth-order valence-electron chi connectivity index (χ4n) is 3.18. The van der Waals surface area contributed by atoms with Gasteiger partial charge in [-0.3, -0.25) is 14.3 Å². The predicted octanol–water partition coefficient (Wildman–Crippen LogP) is 2.06. The van der Waals surface area contributed by atoms with Crippen molar-refractivity contribution in [2.45, 2.75) is 25.8 Å². The van der Waals surface area contributed by atoms with Crippen LogP contribution in [0.3, 0.4) is 0 Å². The van der Waals surface area contributed by atoms with Crippen LogP contribution in [0.2, 0.25) is 5.15 Å². The number of pyridine rings is 1. The number of rotatable bonds is 2. The van der Waals surface area contributed by atoms with Gasteiger partial charge in [0.05, 0.1) is 11.7 Å². The molecule has 2 aromatic rings. The number of carbonyl (C=O) groups excluding carboxylic acids is 1. The maximum atomic E-state index is 12.8. The van der Waals surface area contributed by atoms with Gasteiger partial charge in [0.1, 0.15) is 5.15 Å². The molecule has 0 aliphatic carbocycles. The van der Waals surface area contributed by atoms with E-state index in [-0.39, 0.29) is 17.5 Å². The van der Waals surface area contributed by atoms with Crippen LogP contribution >= 0.6 is 11.6 Å². The van der Waals surface area contributed by atoms with Crippen LogP contribution in [0.1, 0.15) is 40.5 Å². The molecule has 1 amide bonds. The van der Waals surface area contributed by atoms with Crippen LogP contribution < -0.4 is 5.56 Å². The van der Waals surface area contributed by atoms with Gasteiger partial charge in [-0.25, -0.2) is 0 Å². The number of nitrogens with zero attached hydrogens (tertiary/aromatic N) is 4. The molecular weight excluding hydrogens is 316 g/mol. The van der Waals surface area contributed by atoms with Gasteiger partial charge in [0, 0.05) is 44.0 Å². The Hall–Kier alpha value is -2.08. The summed E-state index contributed by atoms with van der Waals surface area (Å²) in [6, 6.07) is 2.97. The summed E-state index contributed by atoms with van der Waals surface area (Å²) in [6.07, 6.45) is 3.37. The third kappa shape index (κ3) is 2.67. The molecule has 0 bridgehead atoms. The molecule has 1 aliphatic heterocycles. The van der Waals surface area contributed by atoms with Crippen LogP contribution in [0.25, 0.3) is 0 Å². The molecule has 1 fully saturated rings. The summed E-state index contributed by atoms with van der Waals surface area (Å²) in [5.41, 5.74) is 1.97. The van der Waals surface area contributed by atoms with Crippen molar-refractivity contribution in [3.05, 3.63) is 50.7 Å². The Morgan fingerprint density at radius 1 is 1.39 bits per heavy atom. The molecule has 0 radical (unpaired) electrons. The van der Waals surface area contributed by atoms with Crippen molar-refractivity contribution < 1.29 is 4.79 Å². The fraction of sp³-hybridized carbons (Fsp3) is 0.438. The molecule has 0 N–H and O–H groups in total. The second kappa shape index (κ2) is 5.85. The van der Waals surface area contributed by atoms with Gasteiger partial charge in [-0.15, -0.1) is 0 Å². The second-order valence-electron chi connectivity index (χ2n) is 5.93. The van der Waals surface area contributed by atoms with Crippen molar-refractivity contribution >= 4 is 17.5 Å². The van der Waals surface area contributed by atoms with E-state index in [1.807, 2.05) is 6.92 Å². The van der Waals surface area contributed by atoms with Crippen molar-refractivity contribution in [1.82, 2.24) is 19.2 Å². The molecular formula is C16H19ClN4O2.